The Kier molecular flexibility index (Phi) is 6.03. The molecule has 1 atom stereocenters. The molecule has 0 bridgehead atoms. The number of rotatable bonds is 4. The number of nitrogens with one attached hydrogen (secondary N) is 1. The predicted molar refractivity (Wildman–Crippen MR) is 137 cm³/mol. The number of ether oxygens (including phenoxy) is 1. The molecule has 194 valence electrons. The Hall–Kier alpha value is -4.31. The van der Waals surface area contributed by atoms with Crippen LogP contribution in [-0.4, -0.2) is 75.3 Å². The zero-order valence-corrected chi connectivity index (χ0v) is 21.0. The van der Waals surface area contributed by atoms with Crippen LogP contribution in [0.1, 0.15) is 39.1 Å². The highest BCUT2D eigenvalue weighted by Crippen LogP contribution is 2.35. The van der Waals surface area contributed by atoms with Gasteiger partial charge in [0, 0.05) is 55.4 Å². The highest BCUT2D eigenvalue weighted by Gasteiger charge is 2.39. The van der Waals surface area contributed by atoms with Gasteiger partial charge < -0.3 is 19.1 Å². The van der Waals surface area contributed by atoms with Crippen LogP contribution >= 0.6 is 0 Å². The predicted octanol–water partition coefficient (Wildman–Crippen LogP) is 1.99. The molecule has 6 rings (SSSR count). The zero-order chi connectivity index (χ0) is 26.4. The normalized spacial score (nSPS) is 19.5. The molecule has 10 heteroatoms. The number of carbonyl (C=O) groups is 4. The highest BCUT2D eigenvalue weighted by atomic mass is 16.5. The highest BCUT2D eigenvalue weighted by molar-refractivity contribution is 6.05. The smallest absolute Gasteiger partial charge is 0.255 e. The number of benzene rings is 2. The molecule has 3 aromatic rings. The monoisotopic (exact) mass is 513 g/mol. The third-order valence-corrected chi connectivity index (χ3v) is 7.44. The number of carbonyl (C=O) groups excluding carboxylic acids is 4. The number of hydrogen-bond donors (Lipinski definition) is 1. The summed E-state index contributed by atoms with van der Waals surface area (Å²) in [7, 11) is 1.92. The van der Waals surface area contributed by atoms with Gasteiger partial charge in [-0.2, -0.15) is 0 Å². The number of morpholine rings is 1. The van der Waals surface area contributed by atoms with Crippen LogP contribution in [0.15, 0.2) is 48.8 Å². The van der Waals surface area contributed by atoms with E-state index < -0.39 is 11.9 Å². The van der Waals surface area contributed by atoms with Crippen molar-refractivity contribution in [1.82, 2.24) is 24.7 Å². The Morgan fingerprint density at radius 1 is 1.03 bits per heavy atom. The van der Waals surface area contributed by atoms with Crippen molar-refractivity contribution in [1.29, 1.82) is 0 Å². The van der Waals surface area contributed by atoms with Gasteiger partial charge in [-0.1, -0.05) is 18.2 Å². The quantitative estimate of drug-likeness (QED) is 0.534. The van der Waals surface area contributed by atoms with E-state index in [0.717, 1.165) is 28.1 Å². The second-order valence-corrected chi connectivity index (χ2v) is 9.81. The summed E-state index contributed by atoms with van der Waals surface area (Å²) in [5, 5.41) is 2.33. The van der Waals surface area contributed by atoms with Crippen molar-refractivity contribution in [2.24, 2.45) is 7.05 Å². The van der Waals surface area contributed by atoms with Gasteiger partial charge in [-0.05, 0) is 36.2 Å². The van der Waals surface area contributed by atoms with Gasteiger partial charge in [-0.15, -0.1) is 0 Å². The molecule has 1 aromatic heterocycles. The van der Waals surface area contributed by atoms with Gasteiger partial charge in [0.2, 0.25) is 11.8 Å². The summed E-state index contributed by atoms with van der Waals surface area (Å²) < 4.78 is 7.28. The largest absolute Gasteiger partial charge is 0.378 e. The summed E-state index contributed by atoms with van der Waals surface area (Å²) in [6.45, 7) is 2.59. The molecule has 2 saturated heterocycles. The number of imidazole rings is 1. The Bertz CT molecular complexity index is 1450. The summed E-state index contributed by atoms with van der Waals surface area (Å²) in [4.78, 5) is 57.8. The van der Waals surface area contributed by atoms with Crippen molar-refractivity contribution in [3.05, 3.63) is 65.5 Å². The van der Waals surface area contributed by atoms with Crippen molar-refractivity contribution in [3.8, 4) is 22.5 Å². The van der Waals surface area contributed by atoms with Crippen LogP contribution in [0.2, 0.25) is 0 Å². The van der Waals surface area contributed by atoms with E-state index in [2.05, 4.69) is 10.3 Å². The minimum atomic E-state index is -0.653. The molecular formula is C28H27N5O5. The number of piperidine rings is 1. The molecule has 0 radical (unpaired) electrons. The Balaban J connectivity index is 1.26. The Morgan fingerprint density at radius 2 is 1.76 bits per heavy atom. The molecule has 3 aliphatic rings. The molecule has 0 aliphatic carbocycles. The van der Waals surface area contributed by atoms with Gasteiger partial charge in [-0.25, -0.2) is 4.98 Å². The lowest BCUT2D eigenvalue weighted by molar-refractivity contribution is -0.136. The first-order chi connectivity index (χ1) is 18.4. The SMILES string of the molecule is Cn1cnc(-c2ccc3c(c2)CN(C2CCC(=O)NC2=O)C3=O)c1-c1ccc(C(=O)N2CCOCC2)cc1. The second kappa shape index (κ2) is 9.53. The van der Waals surface area contributed by atoms with Crippen molar-refractivity contribution in [3.63, 3.8) is 0 Å². The zero-order valence-electron chi connectivity index (χ0n) is 21.0. The van der Waals surface area contributed by atoms with Crippen molar-refractivity contribution in [2.45, 2.75) is 25.4 Å². The molecule has 1 unspecified atom stereocenters. The maximum Gasteiger partial charge on any atom is 0.255 e. The van der Waals surface area contributed by atoms with E-state index in [1.807, 2.05) is 48.0 Å². The fourth-order valence-electron chi connectivity index (χ4n) is 5.42. The number of hydrogen-bond acceptors (Lipinski definition) is 6. The van der Waals surface area contributed by atoms with E-state index >= 15 is 0 Å². The molecular weight excluding hydrogens is 486 g/mol. The van der Waals surface area contributed by atoms with E-state index in [-0.39, 0.29) is 24.1 Å². The van der Waals surface area contributed by atoms with Crippen LogP contribution in [0.4, 0.5) is 0 Å². The van der Waals surface area contributed by atoms with Crippen LogP contribution in [-0.2, 0) is 27.9 Å². The number of nitrogens with zero attached hydrogens (tertiary/aromatic N) is 4. The first kappa shape index (κ1) is 24.1. The maximum atomic E-state index is 13.1. The number of aromatic nitrogens is 2. The molecule has 2 aromatic carbocycles. The van der Waals surface area contributed by atoms with Gasteiger partial charge >= 0.3 is 0 Å². The summed E-state index contributed by atoms with van der Waals surface area (Å²) in [6, 6.07) is 12.5. The molecule has 2 fully saturated rings. The van der Waals surface area contributed by atoms with Gasteiger partial charge in [0.1, 0.15) is 6.04 Å². The lowest BCUT2D eigenvalue weighted by atomic mass is 10.00. The summed E-state index contributed by atoms with van der Waals surface area (Å²) in [5.74, 6) is -0.944. The van der Waals surface area contributed by atoms with Crippen LogP contribution in [0.5, 0.6) is 0 Å². The molecule has 38 heavy (non-hydrogen) atoms. The van der Waals surface area contributed by atoms with Crippen molar-refractivity contribution >= 4 is 23.6 Å². The maximum absolute atomic E-state index is 13.1. The average Bonchev–Trinajstić information content (AvgIpc) is 3.48. The summed E-state index contributed by atoms with van der Waals surface area (Å²) in [6.07, 6.45) is 2.28. The van der Waals surface area contributed by atoms with Crippen LogP contribution < -0.4 is 5.32 Å². The standard InChI is InChI=1S/C28H27N5O5/c1-31-16-29-24(25(31)17-2-4-18(5-3-17)27(36)32-10-12-38-13-11-32)19-6-7-21-20(14-19)15-33(28(21)37)22-8-9-23(34)30-26(22)35/h2-7,14,16,22H,8-13,15H2,1H3,(H,30,34,35). The topological polar surface area (TPSA) is 114 Å². The molecule has 0 saturated carbocycles. The Morgan fingerprint density at radius 3 is 2.50 bits per heavy atom. The van der Waals surface area contributed by atoms with E-state index in [1.54, 1.807) is 22.2 Å². The number of fused-ring (bicyclic) bond motifs is 1. The minimum Gasteiger partial charge on any atom is -0.378 e. The average molecular weight is 514 g/mol. The van der Waals surface area contributed by atoms with Gasteiger partial charge in [-0.3, -0.25) is 24.5 Å². The molecule has 10 nitrogen and oxygen atoms in total. The number of aryl methyl sites for hydroxylation is 1. The Labute approximate surface area is 219 Å². The van der Waals surface area contributed by atoms with E-state index in [1.165, 1.54) is 0 Å². The molecule has 0 spiro atoms. The molecule has 4 heterocycles. The fraction of sp³-hybridized carbons (Fsp3) is 0.321. The van der Waals surface area contributed by atoms with Crippen molar-refractivity contribution in [2.75, 3.05) is 26.3 Å². The summed E-state index contributed by atoms with van der Waals surface area (Å²) >= 11 is 0. The van der Waals surface area contributed by atoms with E-state index in [4.69, 9.17) is 4.74 Å². The molecule has 1 N–H and O–H groups in total. The van der Waals surface area contributed by atoms with Crippen LogP contribution in [0.25, 0.3) is 22.5 Å². The van der Waals surface area contributed by atoms with Gasteiger partial charge in [0.15, 0.2) is 0 Å². The lowest BCUT2D eigenvalue weighted by Gasteiger charge is -2.29. The number of amides is 4. The van der Waals surface area contributed by atoms with E-state index in [0.29, 0.717) is 50.4 Å². The van der Waals surface area contributed by atoms with Gasteiger partial charge in [0.25, 0.3) is 11.8 Å². The third-order valence-electron chi connectivity index (χ3n) is 7.44. The lowest BCUT2D eigenvalue weighted by Crippen LogP contribution is -2.52. The van der Waals surface area contributed by atoms with Crippen molar-refractivity contribution < 1.29 is 23.9 Å². The van der Waals surface area contributed by atoms with Gasteiger partial charge in [0.05, 0.1) is 30.9 Å². The van der Waals surface area contributed by atoms with Crippen LogP contribution in [0, 0.1) is 0 Å². The molecule has 3 aliphatic heterocycles. The third kappa shape index (κ3) is 4.16. The first-order valence-electron chi connectivity index (χ1n) is 12.7. The number of imide groups is 1. The first-order valence-corrected chi connectivity index (χ1v) is 12.7. The van der Waals surface area contributed by atoms with Crippen LogP contribution in [0.3, 0.4) is 0 Å². The van der Waals surface area contributed by atoms with E-state index in [9.17, 15) is 19.2 Å². The second-order valence-electron chi connectivity index (χ2n) is 9.81. The molecule has 4 amide bonds. The fourth-order valence-corrected chi connectivity index (χ4v) is 5.42. The summed E-state index contributed by atoms with van der Waals surface area (Å²) in [5.41, 5.74) is 5.42. The minimum absolute atomic E-state index is 0.00561.